The van der Waals surface area contributed by atoms with Crippen LogP contribution in [0, 0.1) is 0 Å². The number of hydrogen-bond acceptors (Lipinski definition) is 6. The minimum Gasteiger partial charge on any atom is -0.480 e. The van der Waals surface area contributed by atoms with Gasteiger partial charge in [0.25, 0.3) is 0 Å². The Kier molecular flexibility index (Phi) is 8.99. The van der Waals surface area contributed by atoms with Gasteiger partial charge in [-0.1, -0.05) is 36.4 Å². The van der Waals surface area contributed by atoms with Crippen molar-refractivity contribution in [2.75, 3.05) is 6.54 Å². The number of benzene rings is 2. The maximum Gasteiger partial charge on any atom is 0.326 e. The zero-order valence-electron chi connectivity index (χ0n) is 22.0. The number of aromatic amines is 2. The molecular formula is C28H31N7O6. The van der Waals surface area contributed by atoms with E-state index in [1.165, 1.54) is 0 Å². The van der Waals surface area contributed by atoms with E-state index in [4.69, 9.17) is 11.5 Å². The molecule has 214 valence electrons. The average Bonchev–Trinajstić information content (AvgIpc) is 3.54. The van der Waals surface area contributed by atoms with Gasteiger partial charge in [-0.15, -0.1) is 0 Å². The predicted octanol–water partition coefficient (Wildman–Crippen LogP) is -0.192. The molecule has 0 saturated carbocycles. The van der Waals surface area contributed by atoms with Crippen LogP contribution < -0.4 is 27.4 Å². The summed E-state index contributed by atoms with van der Waals surface area (Å²) in [4.78, 5) is 67.3. The van der Waals surface area contributed by atoms with Crippen LogP contribution in [0.25, 0.3) is 21.8 Å². The second-order valence-corrected chi connectivity index (χ2v) is 9.64. The number of carbonyl (C=O) groups excluding carboxylic acids is 4. The molecule has 0 bridgehead atoms. The highest BCUT2D eigenvalue weighted by molar-refractivity contribution is 5.94. The van der Waals surface area contributed by atoms with Gasteiger partial charge in [0.2, 0.25) is 23.6 Å². The van der Waals surface area contributed by atoms with Crippen LogP contribution in [0.3, 0.4) is 0 Å². The topological polar surface area (TPSA) is 225 Å². The summed E-state index contributed by atoms with van der Waals surface area (Å²) in [6, 6.07) is 11.4. The summed E-state index contributed by atoms with van der Waals surface area (Å²) in [6.45, 7) is -0.594. The number of para-hydroxylation sites is 2. The number of amides is 4. The van der Waals surface area contributed by atoms with Crippen molar-refractivity contribution in [1.29, 1.82) is 0 Å². The molecule has 0 spiro atoms. The molecule has 13 nitrogen and oxygen atoms in total. The van der Waals surface area contributed by atoms with Gasteiger partial charge in [-0.2, -0.15) is 0 Å². The Morgan fingerprint density at radius 3 is 1.90 bits per heavy atom. The molecule has 0 fully saturated rings. The lowest BCUT2D eigenvalue weighted by Crippen LogP contribution is -2.54. The first-order valence-electron chi connectivity index (χ1n) is 12.9. The molecule has 0 radical (unpaired) electrons. The van der Waals surface area contributed by atoms with Crippen LogP contribution >= 0.6 is 0 Å². The maximum absolute atomic E-state index is 13.2. The van der Waals surface area contributed by atoms with E-state index in [-0.39, 0.29) is 12.8 Å². The number of fused-ring (bicyclic) bond motifs is 2. The number of carbonyl (C=O) groups is 5. The van der Waals surface area contributed by atoms with Crippen molar-refractivity contribution < 1.29 is 29.1 Å². The van der Waals surface area contributed by atoms with Crippen molar-refractivity contribution in [2.24, 2.45) is 11.5 Å². The monoisotopic (exact) mass is 561 g/mol. The Balaban J connectivity index is 1.46. The summed E-state index contributed by atoms with van der Waals surface area (Å²) in [7, 11) is 0. The zero-order chi connectivity index (χ0) is 29.5. The molecule has 3 unspecified atom stereocenters. The van der Waals surface area contributed by atoms with Crippen molar-refractivity contribution in [3.63, 3.8) is 0 Å². The van der Waals surface area contributed by atoms with Crippen LogP contribution in [0.4, 0.5) is 0 Å². The summed E-state index contributed by atoms with van der Waals surface area (Å²) in [5.74, 6) is -4.45. The molecule has 0 aliphatic rings. The number of carboxylic acid groups (broad SMARTS) is 1. The summed E-state index contributed by atoms with van der Waals surface area (Å²) < 4.78 is 0. The van der Waals surface area contributed by atoms with Gasteiger partial charge in [0.05, 0.1) is 19.0 Å². The van der Waals surface area contributed by atoms with Crippen LogP contribution in [0.2, 0.25) is 0 Å². The maximum atomic E-state index is 13.2. The predicted molar refractivity (Wildman–Crippen MR) is 150 cm³/mol. The number of nitrogens with two attached hydrogens (primary N) is 2. The summed E-state index contributed by atoms with van der Waals surface area (Å²) in [5, 5.41) is 18.3. The highest BCUT2D eigenvalue weighted by atomic mass is 16.4. The van der Waals surface area contributed by atoms with E-state index in [1.807, 2.05) is 48.5 Å². The quantitative estimate of drug-likeness (QED) is 0.110. The summed E-state index contributed by atoms with van der Waals surface area (Å²) >= 11 is 0. The molecular weight excluding hydrogens is 530 g/mol. The van der Waals surface area contributed by atoms with Gasteiger partial charge in [0.15, 0.2) is 0 Å². The fourth-order valence-corrected chi connectivity index (χ4v) is 4.58. The van der Waals surface area contributed by atoms with Crippen LogP contribution in [0.15, 0.2) is 60.9 Å². The van der Waals surface area contributed by atoms with E-state index < -0.39 is 60.7 Å². The lowest BCUT2D eigenvalue weighted by atomic mass is 10.0. The molecule has 0 aliphatic heterocycles. The fraction of sp³-hybridized carbons (Fsp3) is 0.250. The van der Waals surface area contributed by atoms with E-state index in [0.717, 1.165) is 32.9 Å². The first-order chi connectivity index (χ1) is 19.6. The van der Waals surface area contributed by atoms with Crippen LogP contribution in [-0.4, -0.2) is 69.3 Å². The molecule has 41 heavy (non-hydrogen) atoms. The normalized spacial score (nSPS) is 13.3. The SMILES string of the molecule is NC(=O)CC(NC(=O)CNC(=O)C(Cc1c[nH]c2ccccc12)NC(=O)C(N)Cc1c[nH]c2ccccc12)C(=O)O. The van der Waals surface area contributed by atoms with Gasteiger partial charge < -0.3 is 42.5 Å². The number of rotatable bonds is 13. The molecule has 0 aliphatic carbocycles. The number of nitrogens with one attached hydrogen (secondary N) is 5. The van der Waals surface area contributed by atoms with Crippen molar-refractivity contribution in [1.82, 2.24) is 25.9 Å². The summed E-state index contributed by atoms with van der Waals surface area (Å²) in [6.07, 6.45) is 3.22. The number of aliphatic carboxylic acids is 1. The molecule has 2 heterocycles. The highest BCUT2D eigenvalue weighted by Gasteiger charge is 2.27. The summed E-state index contributed by atoms with van der Waals surface area (Å²) in [5.41, 5.74) is 14.6. The van der Waals surface area contributed by atoms with Crippen molar-refractivity contribution >= 4 is 51.4 Å². The molecule has 4 amide bonds. The molecule has 10 N–H and O–H groups in total. The fourth-order valence-electron chi connectivity index (χ4n) is 4.58. The van der Waals surface area contributed by atoms with Gasteiger partial charge in [0.1, 0.15) is 12.1 Å². The van der Waals surface area contributed by atoms with Crippen molar-refractivity contribution in [3.05, 3.63) is 72.1 Å². The second-order valence-electron chi connectivity index (χ2n) is 9.64. The van der Waals surface area contributed by atoms with Gasteiger partial charge in [-0.25, -0.2) is 4.79 Å². The van der Waals surface area contributed by atoms with Gasteiger partial charge in [-0.05, 0) is 29.7 Å². The Bertz CT molecular complexity index is 1590. The number of carboxylic acids is 1. The molecule has 2 aromatic carbocycles. The Labute approximate surface area is 234 Å². The smallest absolute Gasteiger partial charge is 0.326 e. The molecule has 4 aromatic rings. The molecule has 2 aromatic heterocycles. The van der Waals surface area contributed by atoms with Gasteiger partial charge in [-0.3, -0.25) is 19.2 Å². The lowest BCUT2D eigenvalue weighted by molar-refractivity contribution is -0.143. The Morgan fingerprint density at radius 2 is 1.34 bits per heavy atom. The third-order valence-corrected chi connectivity index (χ3v) is 6.65. The largest absolute Gasteiger partial charge is 0.480 e. The third-order valence-electron chi connectivity index (χ3n) is 6.65. The average molecular weight is 562 g/mol. The Morgan fingerprint density at radius 1 is 0.780 bits per heavy atom. The molecule has 13 heteroatoms. The van der Waals surface area contributed by atoms with Crippen molar-refractivity contribution in [2.45, 2.75) is 37.4 Å². The minimum absolute atomic E-state index is 0.0858. The molecule has 3 atom stereocenters. The van der Waals surface area contributed by atoms with Crippen LogP contribution in [0.5, 0.6) is 0 Å². The standard InChI is InChI=1S/C28H31N7O6/c29-19(9-15-12-31-20-7-3-1-5-17(15)20)26(38)35-22(10-16-13-32-21-8-4-2-6-18(16)21)27(39)33-14-25(37)34-23(28(40)41)11-24(30)36/h1-8,12-13,19,22-23,31-32H,9-11,14,29H2,(H2,30,36)(H,33,39)(H,34,37)(H,35,38)(H,40,41). The van der Waals surface area contributed by atoms with E-state index in [9.17, 15) is 29.1 Å². The molecule has 0 saturated heterocycles. The van der Waals surface area contributed by atoms with E-state index in [2.05, 4.69) is 25.9 Å². The van der Waals surface area contributed by atoms with E-state index >= 15 is 0 Å². The lowest BCUT2D eigenvalue weighted by Gasteiger charge is -2.21. The first-order valence-corrected chi connectivity index (χ1v) is 12.9. The minimum atomic E-state index is -1.54. The second kappa shape index (κ2) is 12.8. The number of hydrogen-bond donors (Lipinski definition) is 8. The van der Waals surface area contributed by atoms with E-state index in [1.54, 1.807) is 12.4 Å². The van der Waals surface area contributed by atoms with Crippen LogP contribution in [-0.2, 0) is 36.8 Å². The van der Waals surface area contributed by atoms with Gasteiger partial charge in [0, 0.05) is 40.6 Å². The number of H-pyrrole nitrogens is 2. The van der Waals surface area contributed by atoms with Crippen molar-refractivity contribution in [3.8, 4) is 0 Å². The van der Waals surface area contributed by atoms with Crippen LogP contribution in [0.1, 0.15) is 17.5 Å². The number of aromatic nitrogens is 2. The third kappa shape index (κ3) is 7.28. The van der Waals surface area contributed by atoms with E-state index in [0.29, 0.717) is 0 Å². The Hall–Kier alpha value is -5.17. The first kappa shape index (κ1) is 28.8. The molecule has 4 rings (SSSR count). The van der Waals surface area contributed by atoms with Gasteiger partial charge >= 0.3 is 5.97 Å². The highest BCUT2D eigenvalue weighted by Crippen LogP contribution is 2.20. The number of primary amides is 1. The zero-order valence-corrected chi connectivity index (χ0v) is 22.0.